The number of aromatic nitrogens is 5. The lowest BCUT2D eigenvalue weighted by molar-refractivity contribution is 0.276. The van der Waals surface area contributed by atoms with E-state index in [-0.39, 0.29) is 18.3 Å². The Labute approximate surface area is 118 Å². The van der Waals surface area contributed by atoms with Gasteiger partial charge in [0.2, 0.25) is 0 Å². The van der Waals surface area contributed by atoms with Crippen LogP contribution in [-0.2, 0) is 6.61 Å². The van der Waals surface area contributed by atoms with Crippen molar-refractivity contribution in [3.05, 3.63) is 60.2 Å². The van der Waals surface area contributed by atoms with E-state index in [0.717, 1.165) is 12.1 Å². The molecular weight excluding hydrogens is 280 g/mol. The van der Waals surface area contributed by atoms with Gasteiger partial charge < -0.3 is 4.74 Å². The normalized spacial score (nSPS) is 10.6. The highest BCUT2D eigenvalue weighted by molar-refractivity contribution is 5.32. The van der Waals surface area contributed by atoms with E-state index >= 15 is 0 Å². The van der Waals surface area contributed by atoms with Crippen molar-refractivity contribution in [3.63, 3.8) is 0 Å². The van der Waals surface area contributed by atoms with E-state index in [4.69, 9.17) is 4.74 Å². The van der Waals surface area contributed by atoms with Gasteiger partial charge in [-0.1, -0.05) is 5.21 Å². The number of hydrogen-bond donors (Lipinski definition) is 0. The summed E-state index contributed by atoms with van der Waals surface area (Å²) >= 11 is 0. The lowest BCUT2D eigenvalue weighted by Gasteiger charge is -2.01. The molecule has 0 aliphatic rings. The molecule has 3 aromatic rings. The highest BCUT2D eigenvalue weighted by Crippen LogP contribution is 2.14. The van der Waals surface area contributed by atoms with Crippen LogP contribution in [0.3, 0.4) is 0 Å². The van der Waals surface area contributed by atoms with Crippen molar-refractivity contribution >= 4 is 0 Å². The molecule has 8 heteroatoms. The molecule has 106 valence electrons. The molecule has 0 fully saturated rings. The first kappa shape index (κ1) is 13.1. The SMILES string of the molecule is Fc1ccc(-n2cc(COc3ncccn3)nn2)c(F)c1. The van der Waals surface area contributed by atoms with Gasteiger partial charge in [-0.15, -0.1) is 5.10 Å². The number of rotatable bonds is 4. The first-order valence-electron chi connectivity index (χ1n) is 5.99. The fourth-order valence-electron chi connectivity index (χ4n) is 1.65. The van der Waals surface area contributed by atoms with Crippen molar-refractivity contribution in [1.82, 2.24) is 25.0 Å². The molecule has 0 aliphatic carbocycles. The van der Waals surface area contributed by atoms with Gasteiger partial charge in [-0.05, 0) is 18.2 Å². The van der Waals surface area contributed by atoms with E-state index in [2.05, 4.69) is 20.3 Å². The van der Waals surface area contributed by atoms with E-state index in [9.17, 15) is 8.78 Å². The topological polar surface area (TPSA) is 65.7 Å². The molecule has 0 amide bonds. The maximum Gasteiger partial charge on any atom is 0.316 e. The van der Waals surface area contributed by atoms with Crippen LogP contribution in [0.25, 0.3) is 5.69 Å². The molecule has 0 unspecified atom stereocenters. The molecule has 21 heavy (non-hydrogen) atoms. The van der Waals surface area contributed by atoms with Gasteiger partial charge in [0.25, 0.3) is 0 Å². The molecule has 0 atom stereocenters. The van der Waals surface area contributed by atoms with Crippen LogP contribution >= 0.6 is 0 Å². The standard InChI is InChI=1S/C13H9F2N5O/c14-9-2-3-12(11(15)6-9)20-7-10(18-19-20)8-21-13-16-4-1-5-17-13/h1-7H,8H2. The van der Waals surface area contributed by atoms with Crippen LogP contribution in [0.5, 0.6) is 6.01 Å². The molecule has 6 nitrogen and oxygen atoms in total. The Kier molecular flexibility index (Phi) is 3.50. The molecule has 2 aromatic heterocycles. The summed E-state index contributed by atoms with van der Waals surface area (Å²) in [5.74, 6) is -1.38. The van der Waals surface area contributed by atoms with E-state index in [1.165, 1.54) is 16.9 Å². The van der Waals surface area contributed by atoms with Crippen molar-refractivity contribution in [1.29, 1.82) is 0 Å². The monoisotopic (exact) mass is 289 g/mol. The number of halogens is 2. The molecule has 2 heterocycles. The third kappa shape index (κ3) is 2.99. The van der Waals surface area contributed by atoms with Crippen molar-refractivity contribution < 1.29 is 13.5 Å². The Balaban J connectivity index is 1.74. The zero-order valence-electron chi connectivity index (χ0n) is 10.6. The summed E-state index contributed by atoms with van der Waals surface area (Å²) in [7, 11) is 0. The predicted octanol–water partition coefficient (Wildman–Crippen LogP) is 1.91. The van der Waals surface area contributed by atoms with Gasteiger partial charge in [0.1, 0.15) is 23.8 Å². The minimum atomic E-state index is -0.723. The fourth-order valence-corrected chi connectivity index (χ4v) is 1.65. The Hall–Kier alpha value is -2.90. The average Bonchev–Trinajstić information content (AvgIpc) is 2.95. The van der Waals surface area contributed by atoms with Gasteiger partial charge in [0.05, 0.1) is 6.20 Å². The van der Waals surface area contributed by atoms with Crippen LogP contribution in [0, 0.1) is 11.6 Å². The zero-order valence-corrected chi connectivity index (χ0v) is 10.6. The minimum Gasteiger partial charge on any atom is -0.457 e. The largest absolute Gasteiger partial charge is 0.457 e. The second-order valence-corrected chi connectivity index (χ2v) is 4.07. The molecule has 0 saturated carbocycles. The molecule has 0 bridgehead atoms. The van der Waals surface area contributed by atoms with E-state index < -0.39 is 11.6 Å². The van der Waals surface area contributed by atoms with Crippen LogP contribution in [0.4, 0.5) is 8.78 Å². The maximum absolute atomic E-state index is 13.6. The number of hydrogen-bond acceptors (Lipinski definition) is 5. The highest BCUT2D eigenvalue weighted by Gasteiger charge is 2.09. The zero-order chi connectivity index (χ0) is 14.7. The highest BCUT2D eigenvalue weighted by atomic mass is 19.1. The second-order valence-electron chi connectivity index (χ2n) is 4.07. The van der Waals surface area contributed by atoms with Gasteiger partial charge in [-0.2, -0.15) is 0 Å². The Morgan fingerprint density at radius 2 is 1.95 bits per heavy atom. The quantitative estimate of drug-likeness (QED) is 0.734. The van der Waals surface area contributed by atoms with Gasteiger partial charge in [0.15, 0.2) is 5.82 Å². The number of ether oxygens (including phenoxy) is 1. The van der Waals surface area contributed by atoms with E-state index in [0.29, 0.717) is 5.69 Å². The van der Waals surface area contributed by atoms with Crippen LogP contribution in [0.2, 0.25) is 0 Å². The van der Waals surface area contributed by atoms with Crippen molar-refractivity contribution in [3.8, 4) is 11.7 Å². The molecule has 0 N–H and O–H groups in total. The van der Waals surface area contributed by atoms with Gasteiger partial charge >= 0.3 is 6.01 Å². The smallest absolute Gasteiger partial charge is 0.316 e. The molecule has 0 spiro atoms. The molecular formula is C13H9F2N5O. The minimum absolute atomic E-state index is 0.0901. The second kappa shape index (κ2) is 5.61. The number of nitrogens with zero attached hydrogens (tertiary/aromatic N) is 5. The third-order valence-corrected chi connectivity index (χ3v) is 2.59. The van der Waals surface area contributed by atoms with Gasteiger partial charge in [-0.3, -0.25) is 0 Å². The fraction of sp³-hybridized carbons (Fsp3) is 0.0769. The molecule has 3 rings (SSSR count). The summed E-state index contributed by atoms with van der Waals surface area (Å²) in [5.41, 5.74) is 0.567. The molecule has 0 aliphatic heterocycles. The molecule has 1 aromatic carbocycles. The summed E-state index contributed by atoms with van der Waals surface area (Å²) in [6.45, 7) is 0.0901. The van der Waals surface area contributed by atoms with Crippen LogP contribution in [-0.4, -0.2) is 25.0 Å². The van der Waals surface area contributed by atoms with Crippen molar-refractivity contribution in [2.24, 2.45) is 0 Å². The lowest BCUT2D eigenvalue weighted by Crippen LogP contribution is -1.99. The van der Waals surface area contributed by atoms with Gasteiger partial charge in [-0.25, -0.2) is 23.4 Å². The lowest BCUT2D eigenvalue weighted by atomic mass is 10.3. The Morgan fingerprint density at radius 1 is 1.14 bits per heavy atom. The van der Waals surface area contributed by atoms with Crippen LogP contribution < -0.4 is 4.74 Å². The Morgan fingerprint density at radius 3 is 2.71 bits per heavy atom. The summed E-state index contributed by atoms with van der Waals surface area (Å²) in [5, 5.41) is 7.62. The first-order chi connectivity index (χ1) is 10.2. The van der Waals surface area contributed by atoms with Crippen molar-refractivity contribution in [2.75, 3.05) is 0 Å². The third-order valence-electron chi connectivity index (χ3n) is 2.59. The molecule has 0 saturated heterocycles. The maximum atomic E-state index is 13.6. The Bertz CT molecular complexity index is 747. The summed E-state index contributed by atoms with van der Waals surface area (Å²) < 4.78 is 33.0. The van der Waals surface area contributed by atoms with E-state index in [1.807, 2.05) is 0 Å². The van der Waals surface area contributed by atoms with Crippen molar-refractivity contribution in [2.45, 2.75) is 6.61 Å². The average molecular weight is 289 g/mol. The van der Waals surface area contributed by atoms with E-state index in [1.54, 1.807) is 18.5 Å². The number of benzene rings is 1. The first-order valence-corrected chi connectivity index (χ1v) is 5.99. The van der Waals surface area contributed by atoms with Crippen LogP contribution in [0.1, 0.15) is 5.69 Å². The molecule has 0 radical (unpaired) electrons. The van der Waals surface area contributed by atoms with Crippen LogP contribution in [0.15, 0.2) is 42.9 Å². The van der Waals surface area contributed by atoms with Gasteiger partial charge in [0, 0.05) is 18.5 Å². The summed E-state index contributed by atoms with van der Waals surface area (Å²) in [6.07, 6.45) is 4.58. The predicted molar refractivity (Wildman–Crippen MR) is 67.6 cm³/mol. The summed E-state index contributed by atoms with van der Waals surface area (Å²) in [6, 6.07) is 5.09. The summed E-state index contributed by atoms with van der Waals surface area (Å²) in [4.78, 5) is 7.79.